The molecule has 0 N–H and O–H groups in total. The van der Waals surface area contributed by atoms with Gasteiger partial charge in [-0.05, 0) is 0 Å². The predicted octanol–water partition coefficient (Wildman–Crippen LogP) is 3.03. The SMILES string of the molecule is [CH2-]C.[CH2-]C.[CH3-].[CH3-].[CH3-].[Ta+5]. The summed E-state index contributed by atoms with van der Waals surface area (Å²) in [6, 6.07) is 0. The molecule has 0 amide bonds. The van der Waals surface area contributed by atoms with Crippen LogP contribution in [0.15, 0.2) is 0 Å². The summed E-state index contributed by atoms with van der Waals surface area (Å²) >= 11 is 0. The minimum absolute atomic E-state index is 0. The van der Waals surface area contributed by atoms with Crippen molar-refractivity contribution in [2.75, 3.05) is 0 Å². The van der Waals surface area contributed by atoms with Gasteiger partial charge in [0.25, 0.3) is 0 Å². The summed E-state index contributed by atoms with van der Waals surface area (Å²) in [5.41, 5.74) is 0. The maximum absolute atomic E-state index is 3.25. The van der Waals surface area contributed by atoms with E-state index in [-0.39, 0.29) is 44.7 Å². The Kier molecular flexibility index (Phi) is 5590. The van der Waals surface area contributed by atoms with Gasteiger partial charge in [-0.1, -0.05) is 0 Å². The predicted molar refractivity (Wildman–Crippen MR) is 41.3 cm³/mol. The van der Waals surface area contributed by atoms with Gasteiger partial charge in [0.15, 0.2) is 0 Å². The Labute approximate surface area is 72.6 Å². The first-order chi connectivity index (χ1) is 2.00. The number of hydrogen-bond acceptors (Lipinski definition) is 0. The van der Waals surface area contributed by atoms with E-state index < -0.39 is 0 Å². The fourth-order valence-corrected chi connectivity index (χ4v) is 0. The minimum Gasteiger partial charge on any atom is -0.358 e. The molecule has 0 rings (SSSR count). The first kappa shape index (κ1) is 69.7. The molecule has 0 atom stereocenters. The van der Waals surface area contributed by atoms with Crippen LogP contribution in [-0.2, 0) is 22.4 Å². The fourth-order valence-electron chi connectivity index (χ4n) is 0. The maximum Gasteiger partial charge on any atom is 5.00 e. The zero-order chi connectivity index (χ0) is 4.00. The van der Waals surface area contributed by atoms with Crippen LogP contribution in [0.3, 0.4) is 0 Å². The molecule has 0 saturated heterocycles. The molecule has 0 nitrogen and oxygen atoms in total. The summed E-state index contributed by atoms with van der Waals surface area (Å²) in [7, 11) is 0. The van der Waals surface area contributed by atoms with E-state index in [0.717, 1.165) is 0 Å². The second-order valence-corrected chi connectivity index (χ2v) is 0. The second-order valence-electron chi connectivity index (χ2n) is 0. The van der Waals surface area contributed by atoms with E-state index in [1.165, 1.54) is 0 Å². The Hall–Kier alpha value is 0.740. The zero-order valence-corrected chi connectivity index (χ0v) is 10.1. The Morgan fingerprint density at radius 1 is 0.625 bits per heavy atom. The maximum atomic E-state index is 3.25. The monoisotopic (exact) mass is 284 g/mol. The van der Waals surface area contributed by atoms with Crippen molar-refractivity contribution in [3.63, 3.8) is 0 Å². The first-order valence-corrected chi connectivity index (χ1v) is 1.41. The molecule has 8 heavy (non-hydrogen) atoms. The van der Waals surface area contributed by atoms with Gasteiger partial charge >= 0.3 is 22.4 Å². The zero-order valence-electron chi connectivity index (χ0n) is 6.86. The second kappa shape index (κ2) is 642. The molecule has 0 aromatic carbocycles. The average molecular weight is 284 g/mol. The molecule has 0 heterocycles. The van der Waals surface area contributed by atoms with Crippen LogP contribution in [0.1, 0.15) is 13.8 Å². The molecular weight excluding hydrogens is 265 g/mol. The molecule has 0 aromatic heterocycles. The van der Waals surface area contributed by atoms with Crippen molar-refractivity contribution in [3.05, 3.63) is 36.1 Å². The van der Waals surface area contributed by atoms with E-state index in [1.54, 1.807) is 13.8 Å². The molecule has 0 aliphatic heterocycles. The molecule has 0 aliphatic rings. The molecule has 0 bridgehead atoms. The molecule has 0 saturated carbocycles. The Morgan fingerprint density at radius 3 is 0.625 bits per heavy atom. The van der Waals surface area contributed by atoms with Crippen molar-refractivity contribution in [3.8, 4) is 0 Å². The van der Waals surface area contributed by atoms with E-state index in [0.29, 0.717) is 0 Å². The van der Waals surface area contributed by atoms with Gasteiger partial charge in [-0.2, -0.15) is 13.8 Å². The molecule has 1 heteroatoms. The topological polar surface area (TPSA) is 0 Å². The van der Waals surface area contributed by atoms with Gasteiger partial charge in [-0.25, -0.2) is 0 Å². The third-order valence-electron chi connectivity index (χ3n) is 0. The van der Waals surface area contributed by atoms with Crippen LogP contribution in [0.4, 0.5) is 0 Å². The van der Waals surface area contributed by atoms with Crippen LogP contribution in [0.5, 0.6) is 0 Å². The Balaban J connectivity index is -0.00000000167. The molecule has 52 valence electrons. The summed E-state index contributed by atoms with van der Waals surface area (Å²) < 4.78 is 0. The number of rotatable bonds is 0. The van der Waals surface area contributed by atoms with Crippen LogP contribution < -0.4 is 0 Å². The van der Waals surface area contributed by atoms with Crippen LogP contribution in [0.25, 0.3) is 0 Å². The normalized spacial score (nSPS) is 1.50. The van der Waals surface area contributed by atoms with Gasteiger partial charge < -0.3 is 36.1 Å². The molecular formula is C7H19Ta. The Morgan fingerprint density at radius 2 is 0.625 bits per heavy atom. The summed E-state index contributed by atoms with van der Waals surface area (Å²) in [5, 5.41) is 0. The molecule has 0 radical (unpaired) electrons. The van der Waals surface area contributed by atoms with E-state index >= 15 is 0 Å². The van der Waals surface area contributed by atoms with Crippen molar-refractivity contribution in [2.24, 2.45) is 0 Å². The first-order valence-electron chi connectivity index (χ1n) is 1.41. The molecule has 0 aromatic rings. The van der Waals surface area contributed by atoms with Gasteiger partial charge in [0.05, 0.1) is 0 Å². The molecule has 0 unspecified atom stereocenters. The quantitative estimate of drug-likeness (QED) is 0.600. The minimum atomic E-state index is 0. The molecule has 0 spiro atoms. The Bertz CT molecular complexity index is 4.35. The van der Waals surface area contributed by atoms with Gasteiger partial charge in [0.1, 0.15) is 0 Å². The van der Waals surface area contributed by atoms with Crippen LogP contribution in [-0.4, -0.2) is 0 Å². The third kappa shape index (κ3) is 405. The van der Waals surface area contributed by atoms with Crippen LogP contribution in [0.2, 0.25) is 0 Å². The van der Waals surface area contributed by atoms with Gasteiger partial charge in [0, 0.05) is 0 Å². The summed E-state index contributed by atoms with van der Waals surface area (Å²) in [6.07, 6.45) is 0. The summed E-state index contributed by atoms with van der Waals surface area (Å²) in [5.74, 6) is 0. The average Bonchev–Trinajstić information content (AvgIpc) is 1.50. The largest absolute Gasteiger partial charge is 5.00 e. The number of hydrogen-bond donors (Lipinski definition) is 0. The summed E-state index contributed by atoms with van der Waals surface area (Å²) in [6.45, 7) is 10.0. The van der Waals surface area contributed by atoms with E-state index in [2.05, 4.69) is 13.8 Å². The van der Waals surface area contributed by atoms with Crippen molar-refractivity contribution in [1.82, 2.24) is 0 Å². The van der Waals surface area contributed by atoms with Crippen LogP contribution in [0, 0.1) is 36.1 Å². The van der Waals surface area contributed by atoms with Crippen molar-refractivity contribution < 1.29 is 22.4 Å². The van der Waals surface area contributed by atoms with E-state index in [1.807, 2.05) is 0 Å². The third-order valence-corrected chi connectivity index (χ3v) is 0. The van der Waals surface area contributed by atoms with E-state index in [9.17, 15) is 0 Å². The standard InChI is InChI=1S/2C2H5.3CH3.Ta/c2*1-2;;;;/h2*1H2,2H3;3*1H3;/q5*-1;+5. The fraction of sp³-hybridized carbons (Fsp3) is 0.286. The van der Waals surface area contributed by atoms with Gasteiger partial charge in [0.2, 0.25) is 0 Å². The van der Waals surface area contributed by atoms with Crippen molar-refractivity contribution in [2.45, 2.75) is 13.8 Å². The van der Waals surface area contributed by atoms with Crippen molar-refractivity contribution >= 4 is 0 Å². The molecule has 0 fully saturated rings. The van der Waals surface area contributed by atoms with Gasteiger partial charge in [-0.15, -0.1) is 0 Å². The van der Waals surface area contributed by atoms with Crippen molar-refractivity contribution in [1.29, 1.82) is 0 Å². The smallest absolute Gasteiger partial charge is 0.358 e. The van der Waals surface area contributed by atoms with Gasteiger partial charge in [-0.3, -0.25) is 0 Å². The van der Waals surface area contributed by atoms with E-state index in [4.69, 9.17) is 0 Å². The molecule has 0 aliphatic carbocycles. The summed E-state index contributed by atoms with van der Waals surface area (Å²) in [4.78, 5) is 0. The van der Waals surface area contributed by atoms with Crippen LogP contribution >= 0.6 is 0 Å².